The highest BCUT2D eigenvalue weighted by atomic mass is 35.5. The predicted octanol–water partition coefficient (Wildman–Crippen LogP) is 3.22. The number of nitro groups is 1. The van der Waals surface area contributed by atoms with Crippen molar-refractivity contribution in [3.63, 3.8) is 0 Å². The Morgan fingerprint density at radius 2 is 2.10 bits per heavy atom. The Balaban J connectivity index is 2.52. The average molecular weight is 302 g/mol. The Morgan fingerprint density at radius 3 is 2.75 bits per heavy atom. The average Bonchev–Trinajstić information content (AvgIpc) is 2.42. The molecule has 0 aliphatic rings. The van der Waals surface area contributed by atoms with Crippen molar-refractivity contribution in [2.24, 2.45) is 0 Å². The van der Waals surface area contributed by atoms with Crippen molar-refractivity contribution in [2.75, 3.05) is 19.8 Å². The molecule has 0 fully saturated rings. The minimum Gasteiger partial charge on any atom is -0.460 e. The van der Waals surface area contributed by atoms with E-state index in [-0.39, 0.29) is 29.5 Å². The first kappa shape index (κ1) is 16.4. The van der Waals surface area contributed by atoms with Gasteiger partial charge in [0, 0.05) is 12.7 Å². The van der Waals surface area contributed by atoms with Gasteiger partial charge in [0.2, 0.25) is 0 Å². The van der Waals surface area contributed by atoms with Crippen molar-refractivity contribution in [2.45, 2.75) is 19.8 Å². The standard InChI is InChI=1S/C13H16ClNO5/c1-2-3-7-19-8-9-20-13(16)10-5-4-6-11(12(10)14)15(17)18/h4-6H,2-3,7-9H2,1H3. The number of hydrogen-bond acceptors (Lipinski definition) is 5. The fraction of sp³-hybridized carbons (Fsp3) is 0.462. The minimum absolute atomic E-state index is 0.0191. The SMILES string of the molecule is CCCCOCCOC(=O)c1cccc([N+](=O)[O-])c1Cl. The molecule has 0 N–H and O–H groups in total. The van der Waals surface area contributed by atoms with Gasteiger partial charge in [-0.2, -0.15) is 0 Å². The highest BCUT2D eigenvalue weighted by Gasteiger charge is 2.20. The first-order chi connectivity index (χ1) is 9.57. The summed E-state index contributed by atoms with van der Waals surface area (Å²) < 4.78 is 10.2. The second-order valence-corrected chi connectivity index (χ2v) is 4.38. The molecule has 0 atom stereocenters. The quantitative estimate of drug-likeness (QED) is 0.319. The van der Waals surface area contributed by atoms with E-state index in [0.29, 0.717) is 6.61 Å². The first-order valence-electron chi connectivity index (χ1n) is 6.25. The molecule has 0 saturated heterocycles. The topological polar surface area (TPSA) is 78.7 Å². The molecule has 0 unspecified atom stereocenters. The van der Waals surface area contributed by atoms with Crippen LogP contribution in [0.2, 0.25) is 5.02 Å². The summed E-state index contributed by atoms with van der Waals surface area (Å²) in [7, 11) is 0. The van der Waals surface area contributed by atoms with Crippen molar-refractivity contribution in [1.29, 1.82) is 0 Å². The molecule has 0 saturated carbocycles. The zero-order chi connectivity index (χ0) is 15.0. The third-order valence-electron chi connectivity index (χ3n) is 2.50. The molecular weight excluding hydrogens is 286 g/mol. The largest absolute Gasteiger partial charge is 0.460 e. The number of carbonyl (C=O) groups is 1. The Morgan fingerprint density at radius 1 is 1.35 bits per heavy atom. The van der Waals surface area contributed by atoms with Gasteiger partial charge in [0.15, 0.2) is 0 Å². The van der Waals surface area contributed by atoms with Crippen molar-refractivity contribution in [1.82, 2.24) is 0 Å². The fourth-order valence-electron chi connectivity index (χ4n) is 1.44. The van der Waals surface area contributed by atoms with E-state index in [0.717, 1.165) is 12.8 Å². The number of unbranched alkanes of at least 4 members (excludes halogenated alkanes) is 1. The summed E-state index contributed by atoms with van der Waals surface area (Å²) in [5, 5.41) is 10.5. The van der Waals surface area contributed by atoms with Gasteiger partial charge in [-0.1, -0.05) is 31.0 Å². The molecule has 6 nitrogen and oxygen atoms in total. The van der Waals surface area contributed by atoms with E-state index in [4.69, 9.17) is 21.1 Å². The Kier molecular flexibility index (Phi) is 6.97. The highest BCUT2D eigenvalue weighted by molar-refractivity contribution is 6.35. The zero-order valence-corrected chi connectivity index (χ0v) is 11.9. The van der Waals surface area contributed by atoms with Gasteiger partial charge >= 0.3 is 5.97 Å². The second-order valence-electron chi connectivity index (χ2n) is 4.00. The molecule has 0 radical (unpaired) electrons. The summed E-state index contributed by atoms with van der Waals surface area (Å²) in [5.41, 5.74) is -0.338. The molecule has 7 heteroatoms. The number of ether oxygens (including phenoxy) is 2. The van der Waals surface area contributed by atoms with Crippen LogP contribution in [0, 0.1) is 10.1 Å². The van der Waals surface area contributed by atoms with Crippen LogP contribution < -0.4 is 0 Å². The molecule has 0 heterocycles. The molecule has 0 amide bonds. The first-order valence-corrected chi connectivity index (χ1v) is 6.63. The van der Waals surface area contributed by atoms with Gasteiger partial charge in [0.1, 0.15) is 11.6 Å². The summed E-state index contributed by atoms with van der Waals surface area (Å²) in [6.07, 6.45) is 1.98. The van der Waals surface area contributed by atoms with Gasteiger partial charge < -0.3 is 9.47 Å². The Labute approximate surface area is 121 Å². The highest BCUT2D eigenvalue weighted by Crippen LogP contribution is 2.28. The normalized spacial score (nSPS) is 10.3. The van der Waals surface area contributed by atoms with Gasteiger partial charge in [0.05, 0.1) is 17.1 Å². The van der Waals surface area contributed by atoms with E-state index in [1.165, 1.54) is 18.2 Å². The summed E-state index contributed by atoms with van der Waals surface area (Å²) in [6.45, 7) is 3.04. The lowest BCUT2D eigenvalue weighted by Crippen LogP contribution is -2.12. The molecule has 0 aliphatic carbocycles. The number of carbonyl (C=O) groups excluding carboxylic acids is 1. The molecule has 0 aliphatic heterocycles. The Hall–Kier alpha value is -1.66. The van der Waals surface area contributed by atoms with Crippen LogP contribution in [-0.4, -0.2) is 30.7 Å². The van der Waals surface area contributed by atoms with E-state index < -0.39 is 10.9 Å². The fourth-order valence-corrected chi connectivity index (χ4v) is 1.71. The molecule has 1 rings (SSSR count). The predicted molar refractivity (Wildman–Crippen MR) is 74.1 cm³/mol. The van der Waals surface area contributed by atoms with E-state index in [1.54, 1.807) is 0 Å². The maximum Gasteiger partial charge on any atom is 0.339 e. The number of nitro benzene ring substituents is 1. The van der Waals surface area contributed by atoms with Gasteiger partial charge in [-0.05, 0) is 12.5 Å². The number of benzene rings is 1. The van der Waals surface area contributed by atoms with E-state index in [2.05, 4.69) is 0 Å². The van der Waals surface area contributed by atoms with Crippen LogP contribution in [0.1, 0.15) is 30.1 Å². The van der Waals surface area contributed by atoms with Crippen LogP contribution in [0.4, 0.5) is 5.69 Å². The summed E-state index contributed by atoms with van der Waals surface area (Å²) in [4.78, 5) is 21.8. The van der Waals surface area contributed by atoms with Gasteiger partial charge in [0.25, 0.3) is 5.69 Å². The minimum atomic E-state index is -0.696. The summed E-state index contributed by atoms with van der Waals surface area (Å²) >= 11 is 5.81. The number of halogens is 1. The third kappa shape index (κ3) is 4.79. The van der Waals surface area contributed by atoms with Gasteiger partial charge in [-0.3, -0.25) is 10.1 Å². The second kappa shape index (κ2) is 8.50. The number of esters is 1. The van der Waals surface area contributed by atoms with Gasteiger partial charge in [-0.15, -0.1) is 0 Å². The van der Waals surface area contributed by atoms with Crippen molar-refractivity contribution < 1.29 is 19.2 Å². The monoisotopic (exact) mass is 301 g/mol. The molecule has 1 aromatic rings. The molecular formula is C13H16ClNO5. The molecule has 0 spiro atoms. The molecule has 1 aromatic carbocycles. The number of nitrogens with zero attached hydrogens (tertiary/aromatic N) is 1. The van der Waals surface area contributed by atoms with Crippen LogP contribution in [0.5, 0.6) is 0 Å². The van der Waals surface area contributed by atoms with Crippen LogP contribution in [0.15, 0.2) is 18.2 Å². The maximum absolute atomic E-state index is 11.7. The molecule has 110 valence electrons. The smallest absolute Gasteiger partial charge is 0.339 e. The van der Waals surface area contributed by atoms with Crippen molar-refractivity contribution in [3.8, 4) is 0 Å². The lowest BCUT2D eigenvalue weighted by molar-refractivity contribution is -0.384. The Bertz CT molecular complexity index is 478. The lowest BCUT2D eigenvalue weighted by atomic mass is 10.2. The van der Waals surface area contributed by atoms with Crippen LogP contribution in [0.3, 0.4) is 0 Å². The number of hydrogen-bond donors (Lipinski definition) is 0. The third-order valence-corrected chi connectivity index (χ3v) is 2.90. The van der Waals surface area contributed by atoms with Crippen LogP contribution in [-0.2, 0) is 9.47 Å². The summed E-state index contributed by atoms with van der Waals surface area (Å²) in [5.74, 6) is -0.696. The number of rotatable bonds is 8. The van der Waals surface area contributed by atoms with E-state index in [9.17, 15) is 14.9 Å². The van der Waals surface area contributed by atoms with Crippen molar-refractivity contribution in [3.05, 3.63) is 38.9 Å². The molecule has 0 aromatic heterocycles. The van der Waals surface area contributed by atoms with E-state index >= 15 is 0 Å². The lowest BCUT2D eigenvalue weighted by Gasteiger charge is -2.07. The summed E-state index contributed by atoms with van der Waals surface area (Å²) in [6, 6.07) is 4.00. The molecule has 0 bridgehead atoms. The van der Waals surface area contributed by atoms with Crippen molar-refractivity contribution >= 4 is 23.3 Å². The van der Waals surface area contributed by atoms with Crippen LogP contribution in [0.25, 0.3) is 0 Å². The van der Waals surface area contributed by atoms with Crippen LogP contribution >= 0.6 is 11.6 Å². The van der Waals surface area contributed by atoms with E-state index in [1.807, 2.05) is 6.92 Å². The zero-order valence-electron chi connectivity index (χ0n) is 11.1. The molecule has 20 heavy (non-hydrogen) atoms. The maximum atomic E-state index is 11.7. The van der Waals surface area contributed by atoms with Gasteiger partial charge in [-0.25, -0.2) is 4.79 Å².